The molecule has 0 radical (unpaired) electrons. The van der Waals surface area contributed by atoms with Crippen molar-refractivity contribution in [1.29, 1.82) is 0 Å². The number of aliphatic carboxylic acids is 1. The van der Waals surface area contributed by atoms with Crippen LogP contribution in [-0.4, -0.2) is 34.0 Å². The zero-order valence-electron chi connectivity index (χ0n) is 17.7. The summed E-state index contributed by atoms with van der Waals surface area (Å²) in [4.78, 5) is 10.5. The molecule has 2 aliphatic carbocycles. The monoisotopic (exact) mass is 396 g/mol. The smallest absolute Gasteiger partial charge is 0.328 e. The fourth-order valence-electron chi connectivity index (χ4n) is 4.95. The van der Waals surface area contributed by atoms with Crippen molar-refractivity contribution in [3.8, 4) is 0 Å². The Labute approximate surface area is 173 Å². The minimum absolute atomic E-state index is 0.00302. The van der Waals surface area contributed by atoms with Crippen molar-refractivity contribution in [2.75, 3.05) is 0 Å². The van der Waals surface area contributed by atoms with E-state index in [0.29, 0.717) is 11.8 Å². The van der Waals surface area contributed by atoms with Crippen LogP contribution >= 0.6 is 0 Å². The second-order valence-electron chi connectivity index (χ2n) is 8.51. The van der Waals surface area contributed by atoms with Gasteiger partial charge in [-0.05, 0) is 57.9 Å². The lowest BCUT2D eigenvalue weighted by atomic mass is 9.58. The van der Waals surface area contributed by atoms with Crippen molar-refractivity contribution >= 4 is 5.97 Å². The zero-order chi connectivity index (χ0) is 21.2. The predicted molar refractivity (Wildman–Crippen MR) is 115 cm³/mol. The summed E-state index contributed by atoms with van der Waals surface area (Å²) in [5, 5.41) is 20.4. The van der Waals surface area contributed by atoms with E-state index >= 15 is 0 Å². The third-order valence-corrected chi connectivity index (χ3v) is 6.65. The molecule has 0 aromatic heterocycles. The van der Waals surface area contributed by atoms with Crippen LogP contribution in [0.15, 0.2) is 71.4 Å². The lowest BCUT2D eigenvalue weighted by Crippen LogP contribution is -2.54. The summed E-state index contributed by atoms with van der Waals surface area (Å²) in [7, 11) is 0. The van der Waals surface area contributed by atoms with Crippen molar-refractivity contribution in [2.45, 2.75) is 58.3 Å². The molecule has 156 valence electrons. The van der Waals surface area contributed by atoms with E-state index in [-0.39, 0.29) is 18.1 Å². The Morgan fingerprint density at radius 3 is 2.62 bits per heavy atom. The number of aliphatic hydroxyl groups is 1. The summed E-state index contributed by atoms with van der Waals surface area (Å²) in [6.07, 6.45) is 18.7. The minimum Gasteiger partial charge on any atom is -0.478 e. The van der Waals surface area contributed by atoms with E-state index in [2.05, 4.69) is 19.1 Å². The lowest BCUT2D eigenvalue weighted by molar-refractivity contribution is -0.131. The molecule has 0 aromatic rings. The van der Waals surface area contributed by atoms with Crippen molar-refractivity contribution in [1.82, 2.24) is 0 Å². The Balaban J connectivity index is 1.84. The molecule has 1 saturated carbocycles. The van der Waals surface area contributed by atoms with Gasteiger partial charge in [-0.1, -0.05) is 59.8 Å². The maximum atomic E-state index is 11.7. The quantitative estimate of drug-likeness (QED) is 0.294. The highest BCUT2D eigenvalue weighted by Crippen LogP contribution is 2.58. The van der Waals surface area contributed by atoms with Gasteiger partial charge in [-0.25, -0.2) is 4.79 Å². The Morgan fingerprint density at radius 1 is 1.21 bits per heavy atom. The maximum absolute atomic E-state index is 11.7. The lowest BCUT2D eigenvalue weighted by Gasteiger charge is -2.47. The van der Waals surface area contributed by atoms with Crippen LogP contribution in [0.3, 0.4) is 0 Å². The van der Waals surface area contributed by atoms with Gasteiger partial charge >= 0.3 is 5.97 Å². The average Bonchev–Trinajstić information content (AvgIpc) is 3.49. The molecular formula is C25H32O4. The van der Waals surface area contributed by atoms with Gasteiger partial charge in [0.1, 0.15) is 11.7 Å². The second kappa shape index (κ2) is 8.68. The Kier molecular flexibility index (Phi) is 6.45. The summed E-state index contributed by atoms with van der Waals surface area (Å²) >= 11 is 0. The van der Waals surface area contributed by atoms with Crippen molar-refractivity contribution in [2.24, 2.45) is 17.8 Å². The summed E-state index contributed by atoms with van der Waals surface area (Å²) < 4.78 is 6.04. The van der Waals surface area contributed by atoms with Crippen LogP contribution in [0.25, 0.3) is 0 Å². The van der Waals surface area contributed by atoms with Gasteiger partial charge in [0.2, 0.25) is 0 Å². The van der Waals surface area contributed by atoms with Crippen LogP contribution < -0.4 is 0 Å². The number of ether oxygens (including phenoxy) is 1. The highest BCUT2D eigenvalue weighted by molar-refractivity contribution is 5.80. The zero-order valence-corrected chi connectivity index (χ0v) is 17.7. The van der Waals surface area contributed by atoms with Gasteiger partial charge in [0.05, 0.1) is 6.10 Å². The van der Waals surface area contributed by atoms with E-state index < -0.39 is 11.6 Å². The number of epoxide rings is 1. The first-order chi connectivity index (χ1) is 13.8. The number of fused-ring (bicyclic) bond motifs is 3. The summed E-state index contributed by atoms with van der Waals surface area (Å²) in [5.41, 5.74) is 2.45. The van der Waals surface area contributed by atoms with E-state index in [4.69, 9.17) is 9.84 Å². The second-order valence-corrected chi connectivity index (χ2v) is 8.51. The number of rotatable bonds is 6. The standard InChI is InChI=1S/C25H32O4/c1-5-18(4)25(28)21(11-8-10-16(2)9-6-7-12-22(26)27)19-14-13-17(3)15-20(19)23-24(25)29-23/h5-13,19-21,23-24,28H,14-15H2,1-4H3,(H,26,27)/b9-6+,11-8+,12-7+,16-10+,18-5+/t19-,20-,21+,23+,24+,25-/m0/s1. The molecule has 4 nitrogen and oxygen atoms in total. The van der Waals surface area contributed by atoms with Crippen LogP contribution in [0.4, 0.5) is 0 Å². The van der Waals surface area contributed by atoms with Gasteiger partial charge in [0, 0.05) is 12.0 Å². The molecule has 0 spiro atoms. The molecule has 0 amide bonds. The third-order valence-electron chi connectivity index (χ3n) is 6.65. The number of carboxylic acids is 1. The van der Waals surface area contributed by atoms with Crippen molar-refractivity contribution < 1.29 is 19.7 Å². The fourth-order valence-corrected chi connectivity index (χ4v) is 4.95. The first kappa shape index (κ1) is 21.5. The number of allylic oxidation sites excluding steroid dienone is 9. The van der Waals surface area contributed by atoms with Crippen LogP contribution in [0.5, 0.6) is 0 Å². The fraction of sp³-hybridized carbons (Fsp3) is 0.480. The molecule has 29 heavy (non-hydrogen) atoms. The van der Waals surface area contributed by atoms with Gasteiger partial charge < -0.3 is 14.9 Å². The molecule has 3 aliphatic rings. The molecule has 1 aliphatic heterocycles. The number of carboxylic acid groups (broad SMARTS) is 1. The molecule has 0 unspecified atom stereocenters. The third kappa shape index (κ3) is 4.39. The van der Waals surface area contributed by atoms with Gasteiger partial charge in [-0.3, -0.25) is 0 Å². The van der Waals surface area contributed by atoms with Gasteiger partial charge in [-0.15, -0.1) is 0 Å². The van der Waals surface area contributed by atoms with E-state index in [9.17, 15) is 9.90 Å². The normalized spacial score (nSPS) is 37.7. The van der Waals surface area contributed by atoms with Gasteiger partial charge in [0.25, 0.3) is 0 Å². The molecule has 2 N–H and O–H groups in total. The topological polar surface area (TPSA) is 70.1 Å². The Hall–Kier alpha value is -2.17. The molecular weight excluding hydrogens is 364 g/mol. The molecule has 4 heteroatoms. The minimum atomic E-state index is -0.960. The predicted octanol–water partition coefficient (Wildman–Crippen LogP) is 4.75. The number of hydrogen-bond donors (Lipinski definition) is 2. The van der Waals surface area contributed by atoms with E-state index in [0.717, 1.165) is 30.1 Å². The first-order valence-electron chi connectivity index (χ1n) is 10.4. The van der Waals surface area contributed by atoms with E-state index in [1.807, 2.05) is 45.1 Å². The molecule has 1 heterocycles. The van der Waals surface area contributed by atoms with Crippen LogP contribution in [0.1, 0.15) is 40.5 Å². The van der Waals surface area contributed by atoms with Crippen LogP contribution in [-0.2, 0) is 9.53 Å². The van der Waals surface area contributed by atoms with Crippen molar-refractivity contribution in [3.05, 3.63) is 71.4 Å². The van der Waals surface area contributed by atoms with Crippen LogP contribution in [0, 0.1) is 17.8 Å². The Bertz CT molecular complexity index is 826. The highest BCUT2D eigenvalue weighted by atomic mass is 16.6. The van der Waals surface area contributed by atoms with Crippen molar-refractivity contribution in [3.63, 3.8) is 0 Å². The van der Waals surface area contributed by atoms with E-state index in [1.165, 1.54) is 11.6 Å². The van der Waals surface area contributed by atoms with E-state index in [1.54, 1.807) is 6.08 Å². The molecule has 6 atom stereocenters. The summed E-state index contributed by atoms with van der Waals surface area (Å²) in [6.45, 7) is 8.13. The van der Waals surface area contributed by atoms with Gasteiger partial charge in [0.15, 0.2) is 0 Å². The highest BCUT2D eigenvalue weighted by Gasteiger charge is 2.67. The summed E-state index contributed by atoms with van der Waals surface area (Å²) in [5.74, 6) is -0.132. The SMILES string of the molecule is C/C=C(\C)[C@]1(O)[C@H](/C=C/C=C(C)/C=C/C=C/C(=O)O)[C@H]2CC=C(C)C[C@@H]2[C@H]2O[C@H]21. The largest absolute Gasteiger partial charge is 0.478 e. The molecule has 0 aromatic carbocycles. The first-order valence-corrected chi connectivity index (χ1v) is 10.4. The number of hydrogen-bond acceptors (Lipinski definition) is 3. The number of carbonyl (C=O) groups is 1. The van der Waals surface area contributed by atoms with Crippen LogP contribution in [0.2, 0.25) is 0 Å². The molecule has 2 fully saturated rings. The Morgan fingerprint density at radius 2 is 1.93 bits per heavy atom. The molecule has 3 rings (SSSR count). The summed E-state index contributed by atoms with van der Waals surface area (Å²) in [6, 6.07) is 0. The molecule has 0 bridgehead atoms. The maximum Gasteiger partial charge on any atom is 0.328 e. The van der Waals surface area contributed by atoms with Gasteiger partial charge in [-0.2, -0.15) is 0 Å². The average molecular weight is 397 g/mol. The molecule has 1 saturated heterocycles.